The van der Waals surface area contributed by atoms with Crippen molar-refractivity contribution in [3.05, 3.63) is 59.7 Å². The molecule has 0 atom stereocenters. The highest BCUT2D eigenvalue weighted by atomic mass is 14.9. The molecule has 0 aliphatic carbocycles. The van der Waals surface area contributed by atoms with Crippen molar-refractivity contribution in [1.29, 1.82) is 0 Å². The van der Waals surface area contributed by atoms with Gasteiger partial charge in [-0.3, -0.25) is 0 Å². The van der Waals surface area contributed by atoms with Gasteiger partial charge >= 0.3 is 0 Å². The van der Waals surface area contributed by atoms with E-state index in [4.69, 9.17) is 0 Å². The molecule has 160 valence electrons. The van der Waals surface area contributed by atoms with Crippen LogP contribution in [0, 0.1) is 0 Å². The Kier molecular flexibility index (Phi) is 12.0. The van der Waals surface area contributed by atoms with Crippen LogP contribution in [0.25, 0.3) is 0 Å². The van der Waals surface area contributed by atoms with Crippen molar-refractivity contribution < 1.29 is 0 Å². The van der Waals surface area contributed by atoms with Crippen LogP contribution in [0.3, 0.4) is 0 Å². The molecule has 2 aromatic rings. The Bertz CT molecular complexity index is 573. The first-order valence-corrected chi connectivity index (χ1v) is 12.0. The molecule has 29 heavy (non-hydrogen) atoms. The average molecular weight is 395 g/mol. The van der Waals surface area contributed by atoms with E-state index < -0.39 is 0 Å². The second kappa shape index (κ2) is 15.0. The van der Waals surface area contributed by atoms with Gasteiger partial charge in [0.25, 0.3) is 0 Å². The molecule has 0 fully saturated rings. The molecule has 0 spiro atoms. The number of rotatable bonds is 16. The minimum absolute atomic E-state index is 0.995. The number of unbranched alkanes of at least 4 members (excludes halogenated alkanes) is 8. The zero-order chi connectivity index (χ0) is 20.6. The molecule has 2 heteroatoms. The Morgan fingerprint density at radius 1 is 0.483 bits per heavy atom. The van der Waals surface area contributed by atoms with Gasteiger partial charge in [0.05, 0.1) is 0 Å². The van der Waals surface area contributed by atoms with E-state index in [2.05, 4.69) is 73.0 Å². The van der Waals surface area contributed by atoms with Gasteiger partial charge in [-0.2, -0.15) is 0 Å². The van der Waals surface area contributed by atoms with Crippen molar-refractivity contribution in [2.45, 2.75) is 84.5 Å². The molecule has 0 saturated heterocycles. The van der Waals surface area contributed by atoms with E-state index in [1.807, 2.05) is 0 Å². The van der Waals surface area contributed by atoms with Gasteiger partial charge in [0.1, 0.15) is 0 Å². The summed E-state index contributed by atoms with van der Waals surface area (Å²) < 4.78 is 0. The van der Waals surface area contributed by atoms with E-state index in [0.29, 0.717) is 0 Å². The third kappa shape index (κ3) is 10.4. The van der Waals surface area contributed by atoms with Crippen molar-refractivity contribution in [1.82, 2.24) is 0 Å². The van der Waals surface area contributed by atoms with Crippen molar-refractivity contribution in [2.75, 3.05) is 23.7 Å². The molecule has 0 unspecified atom stereocenters. The summed E-state index contributed by atoms with van der Waals surface area (Å²) in [7, 11) is 0. The standard InChI is InChI=1S/C27H42N2/c1-3-5-7-9-11-21-28-26-17-13-24(14-18-26)23-25-15-19-27(20-16-25)29-22-12-10-8-6-4-2/h13-20,28-29H,3-12,21-23H2,1-2H3. The van der Waals surface area contributed by atoms with E-state index in [1.54, 1.807) is 0 Å². The molecule has 0 aliphatic rings. The summed E-state index contributed by atoms with van der Waals surface area (Å²) in [5.74, 6) is 0. The van der Waals surface area contributed by atoms with E-state index in [-0.39, 0.29) is 0 Å². The van der Waals surface area contributed by atoms with Crippen LogP contribution in [0.5, 0.6) is 0 Å². The molecular weight excluding hydrogens is 352 g/mol. The minimum Gasteiger partial charge on any atom is -0.385 e. The first-order valence-electron chi connectivity index (χ1n) is 12.0. The van der Waals surface area contributed by atoms with Gasteiger partial charge in [-0.15, -0.1) is 0 Å². The average Bonchev–Trinajstić information content (AvgIpc) is 2.75. The Morgan fingerprint density at radius 3 is 1.24 bits per heavy atom. The summed E-state index contributed by atoms with van der Waals surface area (Å²) >= 11 is 0. The molecule has 0 saturated carbocycles. The van der Waals surface area contributed by atoms with Gasteiger partial charge in [-0.05, 0) is 54.7 Å². The molecule has 2 aromatic carbocycles. The minimum atomic E-state index is 0.995. The maximum absolute atomic E-state index is 3.55. The molecular formula is C27H42N2. The summed E-state index contributed by atoms with van der Waals surface area (Å²) in [6, 6.07) is 17.9. The zero-order valence-electron chi connectivity index (χ0n) is 18.8. The van der Waals surface area contributed by atoms with Crippen LogP contribution in [0.2, 0.25) is 0 Å². The van der Waals surface area contributed by atoms with E-state index >= 15 is 0 Å². The maximum atomic E-state index is 3.55. The monoisotopic (exact) mass is 394 g/mol. The van der Waals surface area contributed by atoms with Crippen LogP contribution < -0.4 is 10.6 Å². The largest absolute Gasteiger partial charge is 0.385 e. The Morgan fingerprint density at radius 2 is 0.862 bits per heavy atom. The quantitative estimate of drug-likeness (QED) is 0.281. The fourth-order valence-electron chi connectivity index (χ4n) is 3.64. The first-order chi connectivity index (χ1) is 14.3. The second-order valence-corrected chi connectivity index (χ2v) is 8.25. The van der Waals surface area contributed by atoms with Crippen LogP contribution in [0.4, 0.5) is 11.4 Å². The SMILES string of the molecule is CCCCCCCNc1ccc(Cc2ccc(NCCCCCCC)cc2)cc1. The zero-order valence-corrected chi connectivity index (χ0v) is 18.8. The molecule has 2 N–H and O–H groups in total. The second-order valence-electron chi connectivity index (χ2n) is 8.25. The molecule has 0 radical (unpaired) electrons. The smallest absolute Gasteiger partial charge is 0.0340 e. The van der Waals surface area contributed by atoms with Crippen molar-refractivity contribution in [2.24, 2.45) is 0 Å². The number of hydrogen-bond acceptors (Lipinski definition) is 2. The van der Waals surface area contributed by atoms with Gasteiger partial charge in [0.15, 0.2) is 0 Å². The molecule has 2 rings (SSSR count). The fourth-order valence-corrected chi connectivity index (χ4v) is 3.64. The van der Waals surface area contributed by atoms with Gasteiger partial charge < -0.3 is 10.6 Å². The normalized spacial score (nSPS) is 10.8. The van der Waals surface area contributed by atoms with Crippen molar-refractivity contribution in [3.8, 4) is 0 Å². The van der Waals surface area contributed by atoms with Crippen molar-refractivity contribution in [3.63, 3.8) is 0 Å². The number of benzene rings is 2. The number of anilines is 2. The van der Waals surface area contributed by atoms with E-state index in [9.17, 15) is 0 Å². The van der Waals surface area contributed by atoms with E-state index in [1.165, 1.54) is 86.7 Å². The van der Waals surface area contributed by atoms with Crippen LogP contribution in [0.15, 0.2) is 48.5 Å². The summed E-state index contributed by atoms with van der Waals surface area (Å²) in [4.78, 5) is 0. The summed E-state index contributed by atoms with van der Waals surface area (Å²) in [5.41, 5.74) is 5.22. The Labute approximate surface area is 179 Å². The van der Waals surface area contributed by atoms with Gasteiger partial charge in [0, 0.05) is 24.5 Å². The van der Waals surface area contributed by atoms with Crippen molar-refractivity contribution >= 4 is 11.4 Å². The molecule has 2 nitrogen and oxygen atoms in total. The van der Waals surface area contributed by atoms with Gasteiger partial charge in [0.2, 0.25) is 0 Å². The third-order valence-corrected chi connectivity index (χ3v) is 5.54. The third-order valence-electron chi connectivity index (χ3n) is 5.54. The lowest BCUT2D eigenvalue weighted by molar-refractivity contribution is 0.645. The molecule has 0 amide bonds. The number of hydrogen-bond donors (Lipinski definition) is 2. The summed E-state index contributed by atoms with van der Waals surface area (Å²) in [6.45, 7) is 6.69. The van der Waals surface area contributed by atoms with Crippen LogP contribution in [0.1, 0.15) is 89.2 Å². The Balaban J connectivity index is 1.66. The first kappa shape index (κ1) is 23.3. The summed E-state index contributed by atoms with van der Waals surface area (Å²) in [6.07, 6.45) is 14.3. The highest BCUT2D eigenvalue weighted by Crippen LogP contribution is 2.16. The molecule has 0 aliphatic heterocycles. The lowest BCUT2D eigenvalue weighted by Crippen LogP contribution is -2.02. The van der Waals surface area contributed by atoms with Crippen LogP contribution >= 0.6 is 0 Å². The van der Waals surface area contributed by atoms with Gasteiger partial charge in [-0.1, -0.05) is 89.5 Å². The molecule has 0 heterocycles. The van der Waals surface area contributed by atoms with Gasteiger partial charge in [-0.25, -0.2) is 0 Å². The van der Waals surface area contributed by atoms with E-state index in [0.717, 1.165) is 19.5 Å². The predicted octanol–water partition coefficient (Wildman–Crippen LogP) is 8.04. The molecule has 0 aromatic heterocycles. The Hall–Kier alpha value is -1.96. The topological polar surface area (TPSA) is 24.1 Å². The lowest BCUT2D eigenvalue weighted by Gasteiger charge is -2.09. The fraction of sp³-hybridized carbons (Fsp3) is 0.556. The predicted molar refractivity (Wildman–Crippen MR) is 130 cm³/mol. The highest BCUT2D eigenvalue weighted by molar-refractivity contribution is 5.47. The summed E-state index contributed by atoms with van der Waals surface area (Å²) in [5, 5.41) is 7.09. The number of nitrogens with one attached hydrogen (secondary N) is 2. The maximum Gasteiger partial charge on any atom is 0.0340 e. The highest BCUT2D eigenvalue weighted by Gasteiger charge is 1.99. The van der Waals surface area contributed by atoms with Crippen LogP contribution in [-0.4, -0.2) is 13.1 Å². The molecule has 0 bridgehead atoms. The van der Waals surface area contributed by atoms with Crippen LogP contribution in [-0.2, 0) is 6.42 Å². The lowest BCUT2D eigenvalue weighted by atomic mass is 10.0.